The molecule has 44 valence electrons. The SMILES string of the molecule is O=C1CCSC=CN1. The summed E-state index contributed by atoms with van der Waals surface area (Å²) in [4.78, 5) is 10.5. The van der Waals surface area contributed by atoms with Gasteiger partial charge in [-0.15, -0.1) is 11.8 Å². The van der Waals surface area contributed by atoms with Crippen LogP contribution in [-0.2, 0) is 4.79 Å². The summed E-state index contributed by atoms with van der Waals surface area (Å²) in [6.45, 7) is 0. The van der Waals surface area contributed by atoms with E-state index in [0.717, 1.165) is 5.75 Å². The number of thioether (sulfide) groups is 1. The first-order valence-electron chi connectivity index (χ1n) is 2.45. The molecule has 0 saturated carbocycles. The van der Waals surface area contributed by atoms with Crippen LogP contribution < -0.4 is 5.32 Å². The summed E-state index contributed by atoms with van der Waals surface area (Å²) in [5.74, 6) is 1.02. The zero-order valence-electron chi connectivity index (χ0n) is 4.39. The minimum atomic E-state index is 0.117. The number of amides is 1. The molecule has 1 heterocycles. The number of nitrogens with one attached hydrogen (secondary N) is 1. The van der Waals surface area contributed by atoms with Crippen molar-refractivity contribution in [2.45, 2.75) is 6.42 Å². The summed E-state index contributed by atoms with van der Waals surface area (Å²) < 4.78 is 0. The second kappa shape index (κ2) is 2.77. The molecule has 0 aliphatic carbocycles. The van der Waals surface area contributed by atoms with Crippen molar-refractivity contribution in [3.63, 3.8) is 0 Å². The molecule has 0 saturated heterocycles. The molecule has 1 N–H and O–H groups in total. The topological polar surface area (TPSA) is 29.1 Å². The monoisotopic (exact) mass is 129 g/mol. The van der Waals surface area contributed by atoms with Gasteiger partial charge in [-0.05, 0) is 5.41 Å². The molecule has 0 spiro atoms. The van der Waals surface area contributed by atoms with Gasteiger partial charge in [-0.1, -0.05) is 0 Å². The van der Waals surface area contributed by atoms with E-state index in [4.69, 9.17) is 0 Å². The van der Waals surface area contributed by atoms with Gasteiger partial charge in [-0.25, -0.2) is 0 Å². The standard InChI is InChI=1S/C5H7NOS/c7-5-1-3-8-4-2-6-5/h2,4H,1,3H2,(H,6,7). The van der Waals surface area contributed by atoms with E-state index < -0.39 is 0 Å². The van der Waals surface area contributed by atoms with Crippen molar-refractivity contribution in [2.24, 2.45) is 0 Å². The highest BCUT2D eigenvalue weighted by atomic mass is 32.2. The number of hydrogen-bond donors (Lipinski definition) is 1. The fourth-order valence-electron chi connectivity index (χ4n) is 0.467. The molecule has 1 rings (SSSR count). The zero-order chi connectivity index (χ0) is 5.82. The molecule has 0 aromatic carbocycles. The first kappa shape index (κ1) is 5.69. The average molecular weight is 129 g/mol. The van der Waals surface area contributed by atoms with Crippen molar-refractivity contribution in [1.82, 2.24) is 5.32 Å². The molecule has 0 fully saturated rings. The van der Waals surface area contributed by atoms with Crippen molar-refractivity contribution in [2.75, 3.05) is 5.75 Å². The Bertz CT molecular complexity index is 122. The molecule has 1 aliphatic heterocycles. The number of carbonyl (C=O) groups excluding carboxylic acids is 1. The molecule has 1 aliphatic rings. The van der Waals surface area contributed by atoms with Gasteiger partial charge in [-0.2, -0.15) is 0 Å². The Hall–Kier alpha value is -0.440. The smallest absolute Gasteiger partial charge is 0.224 e. The fraction of sp³-hybridized carbons (Fsp3) is 0.400. The maximum atomic E-state index is 10.5. The second-order valence-corrected chi connectivity index (χ2v) is 2.50. The van der Waals surface area contributed by atoms with Crippen molar-refractivity contribution in [1.29, 1.82) is 0 Å². The van der Waals surface area contributed by atoms with Crippen molar-refractivity contribution >= 4 is 17.7 Å². The molecule has 0 aromatic rings. The third-order valence-electron chi connectivity index (χ3n) is 0.856. The van der Waals surface area contributed by atoms with Gasteiger partial charge >= 0.3 is 0 Å². The van der Waals surface area contributed by atoms with Gasteiger partial charge in [0.15, 0.2) is 0 Å². The summed E-state index contributed by atoms with van der Waals surface area (Å²) >= 11 is 1.66. The van der Waals surface area contributed by atoms with E-state index in [9.17, 15) is 4.79 Å². The fourth-order valence-corrected chi connectivity index (χ4v) is 1.07. The van der Waals surface area contributed by atoms with Crippen LogP contribution in [0.3, 0.4) is 0 Å². The van der Waals surface area contributed by atoms with E-state index in [2.05, 4.69) is 5.32 Å². The Morgan fingerprint density at radius 3 is 3.50 bits per heavy atom. The Morgan fingerprint density at radius 2 is 2.62 bits per heavy atom. The molecule has 3 heteroatoms. The normalized spacial score (nSPS) is 19.8. The van der Waals surface area contributed by atoms with Gasteiger partial charge in [0.1, 0.15) is 0 Å². The molecule has 0 atom stereocenters. The maximum absolute atomic E-state index is 10.5. The van der Waals surface area contributed by atoms with E-state index >= 15 is 0 Å². The lowest BCUT2D eigenvalue weighted by Gasteiger charge is -1.89. The third-order valence-corrected chi connectivity index (χ3v) is 1.62. The number of rotatable bonds is 0. The molecule has 0 radical (unpaired) electrons. The van der Waals surface area contributed by atoms with Gasteiger partial charge in [0, 0.05) is 18.4 Å². The molecule has 8 heavy (non-hydrogen) atoms. The Morgan fingerprint density at radius 1 is 1.75 bits per heavy atom. The number of hydrogen-bond acceptors (Lipinski definition) is 2. The molecular formula is C5H7NOS. The van der Waals surface area contributed by atoms with Gasteiger partial charge in [-0.3, -0.25) is 4.79 Å². The van der Waals surface area contributed by atoms with E-state index in [1.807, 2.05) is 5.41 Å². The second-order valence-electron chi connectivity index (χ2n) is 1.49. The molecular weight excluding hydrogens is 122 g/mol. The van der Waals surface area contributed by atoms with E-state index in [1.54, 1.807) is 18.0 Å². The largest absolute Gasteiger partial charge is 0.332 e. The van der Waals surface area contributed by atoms with Gasteiger partial charge in [0.25, 0.3) is 0 Å². The summed E-state index contributed by atoms with van der Waals surface area (Å²) in [5.41, 5.74) is 0. The lowest BCUT2D eigenvalue weighted by atomic mass is 10.5. The minimum absolute atomic E-state index is 0.117. The van der Waals surface area contributed by atoms with E-state index in [-0.39, 0.29) is 5.91 Å². The van der Waals surface area contributed by atoms with Crippen LogP contribution in [0.5, 0.6) is 0 Å². The summed E-state index contributed by atoms with van der Waals surface area (Å²) in [7, 11) is 0. The highest BCUT2D eigenvalue weighted by molar-refractivity contribution is 8.02. The molecule has 0 aromatic heterocycles. The lowest BCUT2D eigenvalue weighted by Crippen LogP contribution is -2.15. The van der Waals surface area contributed by atoms with Crippen LogP contribution in [0.2, 0.25) is 0 Å². The predicted octanol–water partition coefficient (Wildman–Crippen LogP) is 0.711. The summed E-state index contributed by atoms with van der Waals surface area (Å²) in [6.07, 6.45) is 2.32. The third kappa shape index (κ3) is 1.58. The maximum Gasteiger partial charge on any atom is 0.224 e. The quantitative estimate of drug-likeness (QED) is 0.522. The lowest BCUT2D eigenvalue weighted by molar-refractivity contribution is -0.119. The molecule has 1 amide bonds. The highest BCUT2D eigenvalue weighted by Crippen LogP contribution is 2.05. The predicted molar refractivity (Wildman–Crippen MR) is 34.4 cm³/mol. The summed E-state index contributed by atoms with van der Waals surface area (Å²) in [5, 5.41) is 4.50. The Labute approximate surface area is 52.3 Å². The van der Waals surface area contributed by atoms with Crippen LogP contribution in [0.25, 0.3) is 0 Å². The molecule has 2 nitrogen and oxygen atoms in total. The molecule has 0 bridgehead atoms. The summed E-state index contributed by atoms with van der Waals surface area (Å²) in [6, 6.07) is 0. The Kier molecular flexibility index (Phi) is 1.97. The Balaban J connectivity index is 2.41. The van der Waals surface area contributed by atoms with Crippen LogP contribution in [0.15, 0.2) is 11.6 Å². The van der Waals surface area contributed by atoms with Crippen LogP contribution in [-0.4, -0.2) is 11.7 Å². The average Bonchev–Trinajstić information content (AvgIpc) is 1.94. The van der Waals surface area contributed by atoms with Crippen LogP contribution in [0.4, 0.5) is 0 Å². The van der Waals surface area contributed by atoms with Gasteiger partial charge < -0.3 is 5.32 Å². The van der Waals surface area contributed by atoms with Crippen molar-refractivity contribution in [3.05, 3.63) is 11.6 Å². The van der Waals surface area contributed by atoms with Crippen LogP contribution >= 0.6 is 11.8 Å². The molecule has 0 unspecified atom stereocenters. The minimum Gasteiger partial charge on any atom is -0.332 e. The van der Waals surface area contributed by atoms with E-state index in [1.165, 1.54) is 0 Å². The van der Waals surface area contributed by atoms with Crippen LogP contribution in [0, 0.1) is 0 Å². The first-order valence-corrected chi connectivity index (χ1v) is 3.50. The van der Waals surface area contributed by atoms with Gasteiger partial charge in [0.2, 0.25) is 5.91 Å². The van der Waals surface area contributed by atoms with Crippen LogP contribution in [0.1, 0.15) is 6.42 Å². The highest BCUT2D eigenvalue weighted by Gasteiger charge is 1.99. The van der Waals surface area contributed by atoms with Gasteiger partial charge in [0.05, 0.1) is 0 Å². The van der Waals surface area contributed by atoms with E-state index in [0.29, 0.717) is 6.42 Å². The van der Waals surface area contributed by atoms with Crippen molar-refractivity contribution < 1.29 is 4.79 Å². The first-order chi connectivity index (χ1) is 3.89. The number of carbonyl (C=O) groups is 1. The zero-order valence-corrected chi connectivity index (χ0v) is 5.20. The van der Waals surface area contributed by atoms with Crippen molar-refractivity contribution in [3.8, 4) is 0 Å².